The molecular weight excluding hydrogens is 1120 g/mol. The molecule has 0 unspecified atom stereocenters. The van der Waals surface area contributed by atoms with Crippen molar-refractivity contribution >= 4 is 93.4 Å². The second kappa shape index (κ2) is 29.3. The van der Waals surface area contributed by atoms with Gasteiger partial charge in [0.15, 0.2) is 0 Å². The Morgan fingerprint density at radius 2 is 0.678 bits per heavy atom. The van der Waals surface area contributed by atoms with Gasteiger partial charge in [-0.1, -0.05) is 0 Å². The fourth-order valence-corrected chi connectivity index (χ4v) is 9.03. The molecular formula is C58H80N18O11. The molecule has 0 atom stereocenters. The minimum absolute atomic E-state index is 0.109. The van der Waals surface area contributed by atoms with Crippen LogP contribution in [-0.4, -0.2) is 181 Å². The highest BCUT2D eigenvalue weighted by Crippen LogP contribution is 2.23. The van der Waals surface area contributed by atoms with Gasteiger partial charge in [0.1, 0.15) is 52.9 Å². The van der Waals surface area contributed by atoms with Crippen LogP contribution in [0, 0.1) is 0 Å². The fourth-order valence-electron chi connectivity index (χ4n) is 9.03. The summed E-state index contributed by atoms with van der Waals surface area (Å²) in [7, 11) is 17.6. The van der Waals surface area contributed by atoms with Crippen LogP contribution >= 0.6 is 0 Å². The number of hydrogen-bond donors (Lipinski definition) is 9. The van der Waals surface area contributed by atoms with Crippen molar-refractivity contribution in [3.05, 3.63) is 108 Å². The predicted molar refractivity (Wildman–Crippen MR) is 328 cm³/mol. The number of carbonyl (C=O) groups is 10. The SMILES string of the molecule is CN(C)CCCNC(=O)c1cc(NC(=O)c2cc(NC(=O)c3cc(NC(=O)CN(CC(=O)Nc4cc(C(=O)Nc5cc(C(=O)Nc6cc(C(=O)NCCCN(C)C)n(C)c6)n(C)c5)n(C)c4)C(=O)CCNC(=O)OC(C)(C)C)cn3C)cn2C)cn1C. The fraction of sp³-hybridized carbons (Fsp3) is 0.414. The zero-order valence-electron chi connectivity index (χ0n) is 51.5. The summed E-state index contributed by atoms with van der Waals surface area (Å²) in [6, 6.07) is 8.89. The molecule has 6 aromatic rings. The van der Waals surface area contributed by atoms with Gasteiger partial charge in [-0.25, -0.2) is 4.79 Å². The number of rotatable bonds is 27. The van der Waals surface area contributed by atoms with E-state index in [0.717, 1.165) is 30.8 Å². The second-order valence-electron chi connectivity index (χ2n) is 22.5. The first-order valence-electron chi connectivity index (χ1n) is 27.9. The van der Waals surface area contributed by atoms with E-state index >= 15 is 0 Å². The predicted octanol–water partition coefficient (Wildman–Crippen LogP) is 3.41. The van der Waals surface area contributed by atoms with Gasteiger partial charge < -0.3 is 94.7 Å². The van der Waals surface area contributed by atoms with E-state index in [1.165, 1.54) is 54.9 Å². The first-order valence-corrected chi connectivity index (χ1v) is 27.9. The molecule has 6 rings (SSSR count). The summed E-state index contributed by atoms with van der Waals surface area (Å²) in [4.78, 5) is 138. The maximum Gasteiger partial charge on any atom is 0.407 e. The Balaban J connectivity index is 1.05. The molecule has 9 N–H and O–H groups in total. The van der Waals surface area contributed by atoms with Gasteiger partial charge in [0.2, 0.25) is 17.7 Å². The summed E-state index contributed by atoms with van der Waals surface area (Å²) >= 11 is 0. The molecule has 0 saturated carbocycles. The minimum Gasteiger partial charge on any atom is -0.444 e. The average molecular weight is 1210 g/mol. The highest BCUT2D eigenvalue weighted by molar-refractivity contribution is 6.09. The van der Waals surface area contributed by atoms with Crippen molar-refractivity contribution in [1.82, 2.24) is 58.1 Å². The number of carbonyl (C=O) groups excluding carboxylic acids is 10. The van der Waals surface area contributed by atoms with Crippen molar-refractivity contribution < 1.29 is 52.7 Å². The summed E-state index contributed by atoms with van der Waals surface area (Å²) in [6.45, 7) is 6.15. The molecule has 10 amide bonds. The molecule has 0 saturated heterocycles. The Bertz CT molecular complexity index is 3320. The van der Waals surface area contributed by atoms with E-state index in [1.807, 2.05) is 38.0 Å². The lowest BCUT2D eigenvalue weighted by atomic mass is 10.2. The van der Waals surface area contributed by atoms with E-state index in [1.54, 1.807) is 109 Å². The van der Waals surface area contributed by atoms with Gasteiger partial charge in [-0.2, -0.15) is 0 Å². The van der Waals surface area contributed by atoms with Crippen molar-refractivity contribution in [1.29, 1.82) is 0 Å². The second-order valence-corrected chi connectivity index (χ2v) is 22.5. The van der Waals surface area contributed by atoms with Crippen molar-refractivity contribution in [2.75, 3.05) is 106 Å². The quantitative estimate of drug-likeness (QED) is 0.0335. The normalized spacial score (nSPS) is 11.3. The molecule has 29 heteroatoms. The molecule has 0 fully saturated rings. The lowest BCUT2D eigenvalue weighted by Gasteiger charge is -2.22. The van der Waals surface area contributed by atoms with Crippen molar-refractivity contribution in [2.45, 2.75) is 45.6 Å². The molecule has 29 nitrogen and oxygen atoms in total. The molecule has 0 aromatic carbocycles. The van der Waals surface area contributed by atoms with E-state index in [2.05, 4.69) is 47.9 Å². The van der Waals surface area contributed by atoms with Crippen LogP contribution in [0.4, 0.5) is 38.9 Å². The summed E-state index contributed by atoms with van der Waals surface area (Å²) in [5.74, 6) is -4.89. The first-order chi connectivity index (χ1) is 40.9. The number of anilines is 6. The van der Waals surface area contributed by atoms with Crippen LogP contribution < -0.4 is 47.9 Å². The topological polar surface area (TPSA) is 328 Å². The van der Waals surface area contributed by atoms with E-state index in [4.69, 9.17) is 4.74 Å². The third-order valence-electron chi connectivity index (χ3n) is 13.2. The Kier molecular flexibility index (Phi) is 22.3. The minimum atomic E-state index is -0.815. The van der Waals surface area contributed by atoms with Gasteiger partial charge in [0, 0.05) is 106 Å². The number of nitrogens with one attached hydrogen (secondary N) is 9. The van der Waals surface area contributed by atoms with Crippen LogP contribution in [-0.2, 0) is 61.4 Å². The number of aryl methyl sites for hydroxylation is 6. The third-order valence-corrected chi connectivity index (χ3v) is 13.2. The van der Waals surface area contributed by atoms with Gasteiger partial charge in [0.05, 0.1) is 34.1 Å². The Morgan fingerprint density at radius 1 is 0.402 bits per heavy atom. The lowest BCUT2D eigenvalue weighted by Crippen LogP contribution is -2.44. The molecule has 6 aromatic heterocycles. The zero-order chi connectivity index (χ0) is 64.0. The summed E-state index contributed by atoms with van der Waals surface area (Å²) in [5.41, 5.74) is 2.23. The number of amides is 10. The van der Waals surface area contributed by atoms with E-state index in [0.29, 0.717) is 35.9 Å². The molecule has 0 aliphatic carbocycles. The molecule has 0 aliphatic rings. The van der Waals surface area contributed by atoms with Gasteiger partial charge >= 0.3 is 6.09 Å². The van der Waals surface area contributed by atoms with Gasteiger partial charge in [-0.05, 0) is 111 Å². The monoisotopic (exact) mass is 1200 g/mol. The Hall–Kier alpha value is -9.90. The van der Waals surface area contributed by atoms with Crippen LogP contribution in [0.15, 0.2) is 73.6 Å². The van der Waals surface area contributed by atoms with Crippen molar-refractivity contribution in [2.24, 2.45) is 42.3 Å². The van der Waals surface area contributed by atoms with Crippen LogP contribution in [0.2, 0.25) is 0 Å². The highest BCUT2D eigenvalue weighted by atomic mass is 16.6. The van der Waals surface area contributed by atoms with Crippen LogP contribution in [0.1, 0.15) is 103 Å². The Labute approximate surface area is 504 Å². The van der Waals surface area contributed by atoms with Crippen LogP contribution in [0.3, 0.4) is 0 Å². The van der Waals surface area contributed by atoms with E-state index in [-0.39, 0.29) is 70.3 Å². The van der Waals surface area contributed by atoms with Crippen molar-refractivity contribution in [3.63, 3.8) is 0 Å². The molecule has 0 bridgehead atoms. The number of aromatic nitrogens is 6. The van der Waals surface area contributed by atoms with Gasteiger partial charge in [0.25, 0.3) is 35.4 Å². The summed E-state index contributed by atoms with van der Waals surface area (Å²) in [6.07, 6.45) is 9.69. The molecule has 87 heavy (non-hydrogen) atoms. The maximum absolute atomic E-state index is 13.7. The van der Waals surface area contributed by atoms with E-state index in [9.17, 15) is 47.9 Å². The number of hydrogen-bond acceptors (Lipinski definition) is 13. The number of alkyl carbamates (subject to hydrolysis) is 1. The maximum atomic E-state index is 13.7. The molecule has 0 radical (unpaired) electrons. The molecule has 0 aliphatic heterocycles. The van der Waals surface area contributed by atoms with Crippen LogP contribution in [0.5, 0.6) is 0 Å². The van der Waals surface area contributed by atoms with Gasteiger partial charge in [-0.15, -0.1) is 0 Å². The first kappa shape index (κ1) is 66.2. The molecule has 468 valence electrons. The summed E-state index contributed by atoms with van der Waals surface area (Å²) < 4.78 is 14.4. The lowest BCUT2D eigenvalue weighted by molar-refractivity contribution is -0.137. The van der Waals surface area contributed by atoms with Crippen molar-refractivity contribution in [3.8, 4) is 0 Å². The number of ether oxygens (including phenoxy) is 1. The summed E-state index contributed by atoms with van der Waals surface area (Å²) in [5, 5.41) is 24.7. The third kappa shape index (κ3) is 19.3. The van der Waals surface area contributed by atoms with Crippen LogP contribution in [0.25, 0.3) is 0 Å². The highest BCUT2D eigenvalue weighted by Gasteiger charge is 2.26. The largest absolute Gasteiger partial charge is 0.444 e. The van der Waals surface area contributed by atoms with E-state index < -0.39 is 66.1 Å². The average Bonchev–Trinajstić information content (AvgIpc) is 2.69. The Morgan fingerprint density at radius 3 is 0.954 bits per heavy atom. The smallest absolute Gasteiger partial charge is 0.407 e. The number of nitrogens with zero attached hydrogens (tertiary/aromatic N) is 9. The molecule has 6 heterocycles. The van der Waals surface area contributed by atoms with Gasteiger partial charge in [-0.3, -0.25) is 43.2 Å². The standard InChI is InChI=1S/C58H80N18O11/c1-58(2,3)87-57(86)61-19-16-50(79)76(34-48(77)62-36-22-44(72(10)28-36)53(82)66-40-26-46(74(12)32-40)55(84)64-38-24-42(70(8)30-38)51(80)59-17-14-20-68(4)5)35-49(78)63-37-23-45(73(11)29-37)54(83)67-41-27-47(75(13)33-41)56(85)65-39-25-43(71(9)31-39)52(81)60-18-15-21-69(6)7/h22-33H,14-21,34-35H2,1-13H3,(H,59,80)(H,60,81)(H,61,86)(H,62,77)(H,63,78)(H,64,84)(H,65,85)(H,66,82)(H,67,83). The zero-order valence-corrected chi connectivity index (χ0v) is 51.5. The molecule has 0 spiro atoms.